The molecule has 8 heteroatoms. The zero-order valence-corrected chi connectivity index (χ0v) is 15.6. The van der Waals surface area contributed by atoms with Crippen molar-refractivity contribution >= 4 is 17.8 Å². The van der Waals surface area contributed by atoms with Gasteiger partial charge in [-0.25, -0.2) is 9.78 Å². The molecule has 2 aliphatic rings. The first-order chi connectivity index (χ1) is 12.0. The van der Waals surface area contributed by atoms with E-state index in [1.165, 1.54) is 11.1 Å². The standard InChI is InChI=1S/C18H25N3O5/c1-17(2,3)13(20-14(22)10-6-19-8-26-10)15(23)21-7-9-11(18(9,4)5)12(21)16(24)25/h6,8-9,11-13H,7H2,1-5H3,(H,20,22)(H,24,25)/t9-,11-,12-,13?/m0/s1. The molecule has 1 unspecified atom stereocenters. The van der Waals surface area contributed by atoms with Gasteiger partial charge in [0.05, 0.1) is 6.20 Å². The number of piperidine rings is 1. The first-order valence-electron chi connectivity index (χ1n) is 8.69. The van der Waals surface area contributed by atoms with E-state index in [4.69, 9.17) is 4.42 Å². The quantitative estimate of drug-likeness (QED) is 0.836. The Morgan fingerprint density at radius 3 is 2.54 bits per heavy atom. The van der Waals surface area contributed by atoms with Crippen molar-refractivity contribution in [2.24, 2.45) is 22.7 Å². The molecule has 0 radical (unpaired) electrons. The molecule has 26 heavy (non-hydrogen) atoms. The number of fused-ring (bicyclic) bond motifs is 1. The number of carbonyl (C=O) groups excluding carboxylic acids is 2. The Kier molecular flexibility index (Phi) is 4.12. The van der Waals surface area contributed by atoms with Gasteiger partial charge in [-0.1, -0.05) is 34.6 Å². The van der Waals surface area contributed by atoms with Gasteiger partial charge in [-0.3, -0.25) is 9.59 Å². The van der Waals surface area contributed by atoms with Crippen molar-refractivity contribution < 1.29 is 23.9 Å². The average Bonchev–Trinajstić information content (AvgIpc) is 3.01. The zero-order chi connectivity index (χ0) is 19.4. The fraction of sp³-hybridized carbons (Fsp3) is 0.667. The number of oxazole rings is 1. The van der Waals surface area contributed by atoms with E-state index in [1.54, 1.807) is 0 Å². The minimum absolute atomic E-state index is 0.00670. The van der Waals surface area contributed by atoms with Crippen molar-refractivity contribution in [3.8, 4) is 0 Å². The maximum Gasteiger partial charge on any atom is 0.326 e. The van der Waals surface area contributed by atoms with Gasteiger partial charge in [0.25, 0.3) is 5.91 Å². The second-order valence-electron chi connectivity index (χ2n) is 8.87. The molecule has 1 aromatic heterocycles. The van der Waals surface area contributed by atoms with E-state index in [-0.39, 0.29) is 28.9 Å². The first kappa shape index (κ1) is 18.4. The highest BCUT2D eigenvalue weighted by molar-refractivity contribution is 5.96. The lowest BCUT2D eigenvalue weighted by Crippen LogP contribution is -2.58. The van der Waals surface area contributed by atoms with E-state index in [0.29, 0.717) is 6.54 Å². The van der Waals surface area contributed by atoms with Crippen LogP contribution in [0.2, 0.25) is 0 Å². The molecule has 3 rings (SSSR count). The molecule has 0 aromatic carbocycles. The summed E-state index contributed by atoms with van der Waals surface area (Å²) in [6.45, 7) is 9.95. The molecule has 1 saturated heterocycles. The van der Waals surface area contributed by atoms with Crippen molar-refractivity contribution in [1.82, 2.24) is 15.2 Å². The van der Waals surface area contributed by atoms with Crippen molar-refractivity contribution in [3.05, 3.63) is 18.4 Å². The number of hydrogen-bond donors (Lipinski definition) is 2. The summed E-state index contributed by atoms with van der Waals surface area (Å²) in [6, 6.07) is -1.72. The Hall–Kier alpha value is -2.38. The van der Waals surface area contributed by atoms with E-state index in [2.05, 4.69) is 10.3 Å². The number of aromatic nitrogens is 1. The number of carboxylic acid groups (broad SMARTS) is 1. The Morgan fingerprint density at radius 1 is 1.38 bits per heavy atom. The van der Waals surface area contributed by atoms with Gasteiger partial charge in [0.15, 0.2) is 6.39 Å². The SMILES string of the molecule is CC(C)(C)C(NC(=O)c1cnco1)C(=O)N1C[C@H]2[C@@H]([C@H]1C(=O)O)C2(C)C. The van der Waals surface area contributed by atoms with Gasteiger partial charge < -0.3 is 19.7 Å². The molecule has 1 saturated carbocycles. The van der Waals surface area contributed by atoms with E-state index in [1.807, 2.05) is 34.6 Å². The van der Waals surface area contributed by atoms with Crippen molar-refractivity contribution in [3.63, 3.8) is 0 Å². The number of hydrogen-bond acceptors (Lipinski definition) is 5. The van der Waals surface area contributed by atoms with Crippen LogP contribution < -0.4 is 5.32 Å². The van der Waals surface area contributed by atoms with Crippen molar-refractivity contribution in [2.45, 2.75) is 46.7 Å². The molecule has 0 bridgehead atoms. The number of carboxylic acids is 1. The molecule has 142 valence electrons. The Bertz CT molecular complexity index is 735. The van der Waals surface area contributed by atoms with Gasteiger partial charge in [0, 0.05) is 12.5 Å². The fourth-order valence-electron chi connectivity index (χ4n) is 4.14. The van der Waals surface area contributed by atoms with Crippen molar-refractivity contribution in [1.29, 1.82) is 0 Å². The molecule has 1 aliphatic heterocycles. The summed E-state index contributed by atoms with van der Waals surface area (Å²) >= 11 is 0. The fourth-order valence-corrected chi connectivity index (χ4v) is 4.14. The van der Waals surface area contributed by atoms with Crippen molar-refractivity contribution in [2.75, 3.05) is 6.54 Å². The lowest BCUT2D eigenvalue weighted by Gasteiger charge is -2.36. The highest BCUT2D eigenvalue weighted by atomic mass is 16.4. The molecule has 2 fully saturated rings. The number of amides is 2. The summed E-state index contributed by atoms with van der Waals surface area (Å²) < 4.78 is 4.98. The smallest absolute Gasteiger partial charge is 0.326 e. The Morgan fingerprint density at radius 2 is 2.04 bits per heavy atom. The third kappa shape index (κ3) is 2.87. The summed E-state index contributed by atoms with van der Waals surface area (Å²) in [7, 11) is 0. The maximum atomic E-state index is 13.2. The van der Waals surface area contributed by atoms with Crippen LogP contribution in [0.5, 0.6) is 0 Å². The second-order valence-corrected chi connectivity index (χ2v) is 8.87. The zero-order valence-electron chi connectivity index (χ0n) is 15.6. The Balaban J connectivity index is 1.82. The molecular weight excluding hydrogens is 338 g/mol. The van der Waals surface area contributed by atoms with Crippen LogP contribution in [0.3, 0.4) is 0 Å². The second kappa shape index (κ2) is 5.82. The number of carbonyl (C=O) groups is 3. The lowest BCUT2D eigenvalue weighted by molar-refractivity contribution is -0.152. The predicted molar refractivity (Wildman–Crippen MR) is 91.1 cm³/mol. The number of nitrogens with one attached hydrogen (secondary N) is 1. The van der Waals surface area contributed by atoms with Crippen LogP contribution in [0.4, 0.5) is 0 Å². The maximum absolute atomic E-state index is 13.2. The summed E-state index contributed by atoms with van der Waals surface area (Å²) in [4.78, 5) is 42.5. The topological polar surface area (TPSA) is 113 Å². The minimum atomic E-state index is -0.995. The van der Waals surface area contributed by atoms with Crippen LogP contribution in [0.1, 0.15) is 45.2 Å². The van der Waals surface area contributed by atoms with Gasteiger partial charge in [0.1, 0.15) is 12.1 Å². The molecule has 1 aromatic rings. The summed E-state index contributed by atoms with van der Waals surface area (Å²) in [5.41, 5.74) is -0.668. The van der Waals surface area contributed by atoms with Crippen LogP contribution in [-0.2, 0) is 9.59 Å². The van der Waals surface area contributed by atoms with Crippen LogP contribution in [0, 0.1) is 22.7 Å². The van der Waals surface area contributed by atoms with Gasteiger partial charge in [-0.05, 0) is 16.7 Å². The molecular formula is C18H25N3O5. The van der Waals surface area contributed by atoms with Gasteiger partial charge in [-0.2, -0.15) is 0 Å². The molecule has 2 heterocycles. The lowest BCUT2D eigenvalue weighted by atomic mass is 9.85. The number of rotatable bonds is 4. The molecule has 8 nitrogen and oxygen atoms in total. The third-order valence-electron chi connectivity index (χ3n) is 5.79. The summed E-state index contributed by atoms with van der Waals surface area (Å²) in [6.07, 6.45) is 2.41. The van der Waals surface area contributed by atoms with Crippen LogP contribution in [0.15, 0.2) is 17.0 Å². The molecule has 2 amide bonds. The van der Waals surface area contributed by atoms with Crippen LogP contribution in [0.25, 0.3) is 0 Å². The van der Waals surface area contributed by atoms with E-state index in [0.717, 1.165) is 6.39 Å². The Labute approximate surface area is 151 Å². The van der Waals surface area contributed by atoms with E-state index < -0.39 is 29.4 Å². The monoisotopic (exact) mass is 363 g/mol. The van der Waals surface area contributed by atoms with Gasteiger partial charge >= 0.3 is 5.97 Å². The molecule has 4 atom stereocenters. The van der Waals surface area contributed by atoms with Crippen LogP contribution in [-0.4, -0.2) is 51.4 Å². The summed E-state index contributed by atoms with van der Waals surface area (Å²) in [5.74, 6) is -1.78. The molecule has 0 spiro atoms. The highest BCUT2D eigenvalue weighted by Crippen LogP contribution is 2.65. The molecule has 2 N–H and O–H groups in total. The molecule has 1 aliphatic carbocycles. The number of aliphatic carboxylic acids is 1. The third-order valence-corrected chi connectivity index (χ3v) is 5.79. The van der Waals surface area contributed by atoms with Crippen LogP contribution >= 0.6 is 0 Å². The van der Waals surface area contributed by atoms with Gasteiger partial charge in [0.2, 0.25) is 11.7 Å². The normalized spacial score (nSPS) is 27.6. The predicted octanol–water partition coefficient (Wildman–Crippen LogP) is 1.39. The average molecular weight is 363 g/mol. The summed E-state index contributed by atoms with van der Waals surface area (Å²) in [5, 5.41) is 12.4. The largest absolute Gasteiger partial charge is 0.480 e. The highest BCUT2D eigenvalue weighted by Gasteiger charge is 2.70. The van der Waals surface area contributed by atoms with Gasteiger partial charge in [-0.15, -0.1) is 0 Å². The van der Waals surface area contributed by atoms with E-state index in [9.17, 15) is 19.5 Å². The van der Waals surface area contributed by atoms with E-state index >= 15 is 0 Å². The minimum Gasteiger partial charge on any atom is -0.480 e. The number of likely N-dealkylation sites (tertiary alicyclic amines) is 1. The first-order valence-corrected chi connectivity index (χ1v) is 8.69. The number of nitrogens with zero attached hydrogens (tertiary/aromatic N) is 2.